The van der Waals surface area contributed by atoms with Gasteiger partial charge in [0.15, 0.2) is 11.8 Å². The second kappa shape index (κ2) is 10.5. The van der Waals surface area contributed by atoms with Crippen LogP contribution in [0.5, 0.6) is 0 Å². The van der Waals surface area contributed by atoms with Crippen molar-refractivity contribution in [3.05, 3.63) is 11.6 Å². The molecule has 0 spiro atoms. The first kappa shape index (κ1) is 21.4. The summed E-state index contributed by atoms with van der Waals surface area (Å²) in [4.78, 5) is 4.78. The number of rotatable bonds is 5. The minimum atomic E-state index is 0. The number of fused-ring (bicyclic) bond motifs is 1. The van der Waals surface area contributed by atoms with Crippen molar-refractivity contribution >= 4 is 29.9 Å². The molecule has 1 fully saturated rings. The third-order valence-corrected chi connectivity index (χ3v) is 5.71. The standard InChI is InChI=1S/C19H34N6.HI/c1-4-20-19(22-16-10-8-15(9-11-16)14(2)3)21-13-18-24-23-17-7-5-6-12-25(17)18;/h14-16H,4-13H2,1-3H3,(H2,20,21,22);1H. The summed E-state index contributed by atoms with van der Waals surface area (Å²) in [6, 6.07) is 0.542. The maximum Gasteiger partial charge on any atom is 0.191 e. The maximum absolute atomic E-state index is 4.78. The Bertz CT molecular complexity index is 575. The summed E-state index contributed by atoms with van der Waals surface area (Å²) < 4.78 is 2.25. The van der Waals surface area contributed by atoms with E-state index in [1.165, 1.54) is 38.5 Å². The third-order valence-electron chi connectivity index (χ3n) is 5.71. The zero-order chi connectivity index (χ0) is 17.6. The molecule has 1 aliphatic carbocycles. The van der Waals surface area contributed by atoms with Gasteiger partial charge < -0.3 is 15.2 Å². The van der Waals surface area contributed by atoms with E-state index in [1.54, 1.807) is 0 Å². The van der Waals surface area contributed by atoms with Crippen molar-refractivity contribution in [2.75, 3.05) is 6.54 Å². The van der Waals surface area contributed by atoms with Gasteiger partial charge in [0.25, 0.3) is 0 Å². The van der Waals surface area contributed by atoms with Crippen LogP contribution in [0.15, 0.2) is 4.99 Å². The average molecular weight is 474 g/mol. The zero-order valence-electron chi connectivity index (χ0n) is 16.5. The highest BCUT2D eigenvalue weighted by molar-refractivity contribution is 14.0. The van der Waals surface area contributed by atoms with Crippen LogP contribution in [0.4, 0.5) is 0 Å². The normalized spacial score (nSPS) is 23.3. The number of hydrogen-bond donors (Lipinski definition) is 2. The van der Waals surface area contributed by atoms with Gasteiger partial charge in [-0.15, -0.1) is 34.2 Å². The molecule has 0 bridgehead atoms. The monoisotopic (exact) mass is 474 g/mol. The number of aromatic nitrogens is 3. The largest absolute Gasteiger partial charge is 0.357 e. The molecule has 148 valence electrons. The van der Waals surface area contributed by atoms with Gasteiger partial charge in [-0.2, -0.15) is 0 Å². The van der Waals surface area contributed by atoms with Crippen LogP contribution in [0.2, 0.25) is 0 Å². The van der Waals surface area contributed by atoms with Crippen LogP contribution in [0.3, 0.4) is 0 Å². The highest BCUT2D eigenvalue weighted by atomic mass is 127. The van der Waals surface area contributed by atoms with Crippen LogP contribution in [-0.2, 0) is 19.5 Å². The number of guanidine groups is 1. The molecule has 1 aromatic rings. The van der Waals surface area contributed by atoms with Gasteiger partial charge in [-0.3, -0.25) is 0 Å². The predicted octanol–water partition coefficient (Wildman–Crippen LogP) is 3.50. The Morgan fingerprint density at radius 3 is 2.65 bits per heavy atom. The molecule has 0 unspecified atom stereocenters. The van der Waals surface area contributed by atoms with Gasteiger partial charge in [0.2, 0.25) is 0 Å². The lowest BCUT2D eigenvalue weighted by Gasteiger charge is -2.32. The van der Waals surface area contributed by atoms with E-state index in [0.717, 1.165) is 49.0 Å². The molecule has 2 N–H and O–H groups in total. The summed E-state index contributed by atoms with van der Waals surface area (Å²) in [5, 5.41) is 15.7. The fourth-order valence-corrected chi connectivity index (χ4v) is 4.08. The number of aryl methyl sites for hydroxylation is 1. The third kappa shape index (κ3) is 5.57. The second-order valence-corrected chi connectivity index (χ2v) is 7.84. The number of hydrogen-bond acceptors (Lipinski definition) is 3. The second-order valence-electron chi connectivity index (χ2n) is 7.84. The van der Waals surface area contributed by atoms with Crippen LogP contribution in [0.25, 0.3) is 0 Å². The van der Waals surface area contributed by atoms with E-state index in [4.69, 9.17) is 4.99 Å². The summed E-state index contributed by atoms with van der Waals surface area (Å²) in [5.41, 5.74) is 0. The summed E-state index contributed by atoms with van der Waals surface area (Å²) in [6.07, 6.45) is 8.64. The Hall–Kier alpha value is -0.860. The van der Waals surface area contributed by atoms with Gasteiger partial charge in [0, 0.05) is 25.6 Å². The predicted molar refractivity (Wildman–Crippen MR) is 117 cm³/mol. The Kier molecular flexibility index (Phi) is 8.63. The van der Waals surface area contributed by atoms with E-state index in [1.807, 2.05) is 0 Å². The summed E-state index contributed by atoms with van der Waals surface area (Å²) in [7, 11) is 0. The summed E-state index contributed by atoms with van der Waals surface area (Å²) in [5.74, 6) is 4.74. The van der Waals surface area contributed by atoms with Crippen molar-refractivity contribution < 1.29 is 0 Å². The Balaban J connectivity index is 0.00000243. The van der Waals surface area contributed by atoms with E-state index < -0.39 is 0 Å². The first-order valence-corrected chi connectivity index (χ1v) is 10.1. The molecule has 1 saturated carbocycles. The van der Waals surface area contributed by atoms with E-state index in [2.05, 4.69) is 46.2 Å². The molecule has 0 amide bonds. The molecule has 0 radical (unpaired) electrons. The molecule has 1 aromatic heterocycles. The van der Waals surface area contributed by atoms with Crippen molar-refractivity contribution in [2.45, 2.75) is 84.8 Å². The highest BCUT2D eigenvalue weighted by Gasteiger charge is 2.23. The van der Waals surface area contributed by atoms with E-state index in [9.17, 15) is 0 Å². The van der Waals surface area contributed by atoms with Crippen molar-refractivity contribution in [1.29, 1.82) is 0 Å². The molecule has 6 nitrogen and oxygen atoms in total. The zero-order valence-corrected chi connectivity index (χ0v) is 18.8. The molecular weight excluding hydrogens is 439 g/mol. The molecule has 3 rings (SSSR count). The minimum absolute atomic E-state index is 0. The molecule has 26 heavy (non-hydrogen) atoms. The van der Waals surface area contributed by atoms with Gasteiger partial charge in [-0.1, -0.05) is 13.8 Å². The van der Waals surface area contributed by atoms with Crippen molar-refractivity contribution in [2.24, 2.45) is 16.8 Å². The van der Waals surface area contributed by atoms with Gasteiger partial charge in [-0.25, -0.2) is 4.99 Å². The van der Waals surface area contributed by atoms with Gasteiger partial charge in [-0.05, 0) is 57.3 Å². The highest BCUT2D eigenvalue weighted by Crippen LogP contribution is 2.29. The number of nitrogens with zero attached hydrogens (tertiary/aromatic N) is 4. The molecule has 0 aromatic carbocycles. The first-order chi connectivity index (χ1) is 12.2. The lowest BCUT2D eigenvalue weighted by molar-refractivity contribution is 0.250. The van der Waals surface area contributed by atoms with E-state index in [0.29, 0.717) is 12.6 Å². The van der Waals surface area contributed by atoms with Crippen LogP contribution in [0.1, 0.15) is 70.9 Å². The van der Waals surface area contributed by atoms with Crippen molar-refractivity contribution in [3.8, 4) is 0 Å². The smallest absolute Gasteiger partial charge is 0.191 e. The topological polar surface area (TPSA) is 67.1 Å². The average Bonchev–Trinajstić information content (AvgIpc) is 3.03. The van der Waals surface area contributed by atoms with Gasteiger partial charge in [0.1, 0.15) is 12.4 Å². The minimum Gasteiger partial charge on any atom is -0.357 e. The van der Waals surface area contributed by atoms with Crippen LogP contribution in [-0.4, -0.2) is 33.3 Å². The summed E-state index contributed by atoms with van der Waals surface area (Å²) in [6.45, 7) is 9.34. The Morgan fingerprint density at radius 2 is 1.96 bits per heavy atom. The lowest BCUT2D eigenvalue weighted by atomic mass is 9.80. The molecule has 0 atom stereocenters. The molecule has 1 aliphatic heterocycles. The fourth-order valence-electron chi connectivity index (χ4n) is 4.08. The molecule has 2 heterocycles. The number of nitrogens with one attached hydrogen (secondary N) is 2. The van der Waals surface area contributed by atoms with Crippen LogP contribution >= 0.6 is 24.0 Å². The SMILES string of the molecule is CCNC(=NCc1nnc2n1CCCC2)NC1CCC(C(C)C)CC1.I. The quantitative estimate of drug-likeness (QED) is 0.390. The van der Waals surface area contributed by atoms with Gasteiger partial charge in [0.05, 0.1) is 0 Å². The molecule has 7 heteroatoms. The van der Waals surface area contributed by atoms with E-state index >= 15 is 0 Å². The Labute approximate surface area is 175 Å². The summed E-state index contributed by atoms with van der Waals surface area (Å²) >= 11 is 0. The molecule has 0 saturated heterocycles. The van der Waals surface area contributed by atoms with Crippen molar-refractivity contribution in [3.63, 3.8) is 0 Å². The Morgan fingerprint density at radius 1 is 1.19 bits per heavy atom. The van der Waals surface area contributed by atoms with Crippen molar-refractivity contribution in [1.82, 2.24) is 25.4 Å². The van der Waals surface area contributed by atoms with E-state index in [-0.39, 0.29) is 24.0 Å². The maximum atomic E-state index is 4.78. The van der Waals surface area contributed by atoms with Crippen LogP contribution < -0.4 is 10.6 Å². The van der Waals surface area contributed by atoms with Crippen LogP contribution in [0, 0.1) is 11.8 Å². The number of aliphatic imine (C=N–C) groups is 1. The van der Waals surface area contributed by atoms with Gasteiger partial charge >= 0.3 is 0 Å². The lowest BCUT2D eigenvalue weighted by Crippen LogP contribution is -2.45. The first-order valence-electron chi connectivity index (χ1n) is 10.1. The molecular formula is C19H35IN6. The number of halogens is 1. The fraction of sp³-hybridized carbons (Fsp3) is 0.842. The molecule has 2 aliphatic rings.